The number of hydrogen-bond donors (Lipinski definition) is 2. The van der Waals surface area contributed by atoms with Crippen LogP contribution in [0.5, 0.6) is 0 Å². The largest absolute Gasteiger partial charge is 0.495 e. The van der Waals surface area contributed by atoms with Crippen LogP contribution in [0.3, 0.4) is 0 Å². The predicted molar refractivity (Wildman–Crippen MR) is 171 cm³/mol. The van der Waals surface area contributed by atoms with Gasteiger partial charge in [0.05, 0.1) is 18.3 Å². The molecular weight excluding hydrogens is 525 g/mol. The standard InChI is InChI=1S/C35H40FN5O/c1-6-24-18-29(35(36,7-2)31(19-24)42-8-3)32(39-27-14-15-28-26(20-27)16-17-38-33(28)37)34-40-30(22-41(34)21-23(4)5)25-12-10-9-11-13-25/h9-20,22,29,32,39H,4,6-8,21H2,1-3,5H3,(H2,37,38). The van der Waals surface area contributed by atoms with Crippen LogP contribution in [-0.2, 0) is 11.3 Å². The summed E-state index contributed by atoms with van der Waals surface area (Å²) in [5.74, 6) is 0.985. The third-order valence-electron chi connectivity index (χ3n) is 7.94. The zero-order valence-corrected chi connectivity index (χ0v) is 24.9. The molecule has 2 aromatic carbocycles. The normalized spacial score (nSPS) is 19.2. The highest BCUT2D eigenvalue weighted by Crippen LogP contribution is 2.47. The summed E-state index contributed by atoms with van der Waals surface area (Å²) in [7, 11) is 0. The first-order valence-corrected chi connectivity index (χ1v) is 14.7. The lowest BCUT2D eigenvalue weighted by Crippen LogP contribution is -2.43. The first kappa shape index (κ1) is 29.1. The van der Waals surface area contributed by atoms with E-state index in [-0.39, 0.29) is 6.42 Å². The number of nitrogen functional groups attached to an aromatic ring is 1. The van der Waals surface area contributed by atoms with Crippen LogP contribution in [0.1, 0.15) is 52.4 Å². The van der Waals surface area contributed by atoms with E-state index < -0.39 is 17.6 Å². The molecule has 7 heteroatoms. The Balaban J connectivity index is 1.71. The van der Waals surface area contributed by atoms with Crippen molar-refractivity contribution in [1.29, 1.82) is 0 Å². The Bertz CT molecular complexity index is 1640. The maximum Gasteiger partial charge on any atom is 0.175 e. The number of halogens is 1. The van der Waals surface area contributed by atoms with E-state index in [0.717, 1.165) is 51.1 Å². The third-order valence-corrected chi connectivity index (χ3v) is 7.94. The molecule has 0 aliphatic heterocycles. The SMILES string of the molecule is C=C(C)Cn1cc(-c2ccccc2)nc1C(Nc1ccc2c(N)nccc2c1)C1C=C(CC)C=C(OCC)C1(F)CC. The first-order chi connectivity index (χ1) is 20.3. The van der Waals surface area contributed by atoms with Crippen molar-refractivity contribution in [2.24, 2.45) is 5.92 Å². The van der Waals surface area contributed by atoms with Gasteiger partial charge in [-0.1, -0.05) is 62.4 Å². The Hall–Kier alpha value is -4.39. The Labute approximate surface area is 247 Å². The van der Waals surface area contributed by atoms with Gasteiger partial charge in [0.15, 0.2) is 5.67 Å². The number of imidazole rings is 1. The number of hydrogen-bond acceptors (Lipinski definition) is 5. The van der Waals surface area contributed by atoms with Gasteiger partial charge in [-0.3, -0.25) is 0 Å². The smallest absolute Gasteiger partial charge is 0.175 e. The molecule has 0 spiro atoms. The molecule has 3 unspecified atom stereocenters. The van der Waals surface area contributed by atoms with Gasteiger partial charge in [0.1, 0.15) is 17.4 Å². The number of alkyl halides is 1. The third kappa shape index (κ3) is 5.69. The molecule has 6 nitrogen and oxygen atoms in total. The van der Waals surface area contributed by atoms with E-state index in [0.29, 0.717) is 24.7 Å². The number of benzene rings is 2. The van der Waals surface area contributed by atoms with Gasteiger partial charge in [-0.05, 0) is 68.0 Å². The molecule has 218 valence electrons. The molecule has 0 saturated carbocycles. The van der Waals surface area contributed by atoms with Crippen LogP contribution in [0.2, 0.25) is 0 Å². The van der Waals surface area contributed by atoms with Gasteiger partial charge in [0.2, 0.25) is 0 Å². The molecule has 0 fully saturated rings. The maximum atomic E-state index is 17.4. The van der Waals surface area contributed by atoms with Crippen LogP contribution < -0.4 is 11.1 Å². The van der Waals surface area contributed by atoms with Crippen molar-refractivity contribution in [3.8, 4) is 11.3 Å². The van der Waals surface area contributed by atoms with E-state index in [1.54, 1.807) is 6.20 Å². The van der Waals surface area contributed by atoms with Crippen molar-refractivity contribution in [1.82, 2.24) is 14.5 Å². The molecule has 1 aliphatic rings. The zero-order chi connectivity index (χ0) is 29.9. The van der Waals surface area contributed by atoms with Crippen molar-refractivity contribution in [3.63, 3.8) is 0 Å². The monoisotopic (exact) mass is 565 g/mol. The lowest BCUT2D eigenvalue weighted by molar-refractivity contribution is 0.0427. The second kappa shape index (κ2) is 12.2. The highest BCUT2D eigenvalue weighted by Gasteiger charge is 2.49. The fraction of sp³-hybridized carbons (Fsp3) is 0.314. The summed E-state index contributed by atoms with van der Waals surface area (Å²) in [5.41, 5.74) is 9.07. The number of nitrogens with zero attached hydrogens (tertiary/aromatic N) is 3. The zero-order valence-electron chi connectivity index (χ0n) is 24.9. The van der Waals surface area contributed by atoms with E-state index in [9.17, 15) is 0 Å². The number of fused-ring (bicyclic) bond motifs is 1. The number of nitrogens with one attached hydrogen (secondary N) is 1. The van der Waals surface area contributed by atoms with Crippen LogP contribution in [0.25, 0.3) is 22.0 Å². The fourth-order valence-corrected chi connectivity index (χ4v) is 5.80. The fourth-order valence-electron chi connectivity index (χ4n) is 5.80. The number of allylic oxidation sites excluding steroid dienone is 4. The van der Waals surface area contributed by atoms with E-state index in [2.05, 4.69) is 34.4 Å². The summed E-state index contributed by atoms with van der Waals surface area (Å²) >= 11 is 0. The van der Waals surface area contributed by atoms with Crippen LogP contribution in [0.4, 0.5) is 15.9 Å². The molecule has 1 aliphatic carbocycles. The Morgan fingerprint density at radius 3 is 2.64 bits per heavy atom. The van der Waals surface area contributed by atoms with Crippen molar-refractivity contribution in [3.05, 3.63) is 108 Å². The van der Waals surface area contributed by atoms with Gasteiger partial charge in [-0.15, -0.1) is 0 Å². The lowest BCUT2D eigenvalue weighted by Gasteiger charge is -2.40. The molecule has 2 aromatic heterocycles. The molecule has 2 heterocycles. The average molecular weight is 566 g/mol. The van der Waals surface area contributed by atoms with Gasteiger partial charge in [0, 0.05) is 41.5 Å². The first-order valence-electron chi connectivity index (χ1n) is 14.7. The van der Waals surface area contributed by atoms with Gasteiger partial charge in [0.25, 0.3) is 0 Å². The van der Waals surface area contributed by atoms with Crippen molar-refractivity contribution >= 4 is 22.3 Å². The number of ether oxygens (including phenoxy) is 1. The van der Waals surface area contributed by atoms with Crippen molar-refractivity contribution in [2.45, 2.75) is 58.8 Å². The molecular formula is C35H40FN5O. The van der Waals surface area contributed by atoms with Crippen LogP contribution >= 0.6 is 0 Å². The molecule has 0 radical (unpaired) electrons. The summed E-state index contributed by atoms with van der Waals surface area (Å²) in [4.78, 5) is 9.40. The highest BCUT2D eigenvalue weighted by atomic mass is 19.1. The molecule has 0 amide bonds. The van der Waals surface area contributed by atoms with Gasteiger partial charge < -0.3 is 20.4 Å². The summed E-state index contributed by atoms with van der Waals surface area (Å²) in [6.45, 7) is 13.0. The maximum absolute atomic E-state index is 17.4. The Morgan fingerprint density at radius 2 is 1.95 bits per heavy atom. The van der Waals surface area contributed by atoms with E-state index >= 15 is 4.39 Å². The highest BCUT2D eigenvalue weighted by molar-refractivity contribution is 5.92. The van der Waals surface area contributed by atoms with Crippen LogP contribution in [-0.4, -0.2) is 26.8 Å². The number of rotatable bonds is 11. The van der Waals surface area contributed by atoms with Crippen LogP contribution in [0, 0.1) is 5.92 Å². The summed E-state index contributed by atoms with van der Waals surface area (Å²) < 4.78 is 25.5. The predicted octanol–water partition coefficient (Wildman–Crippen LogP) is 8.41. The number of anilines is 2. The molecule has 42 heavy (non-hydrogen) atoms. The molecule has 4 aromatic rings. The minimum Gasteiger partial charge on any atom is -0.495 e. The summed E-state index contributed by atoms with van der Waals surface area (Å²) in [6, 6.07) is 17.4. The van der Waals surface area contributed by atoms with Gasteiger partial charge in [-0.25, -0.2) is 14.4 Å². The van der Waals surface area contributed by atoms with E-state index in [1.165, 1.54) is 0 Å². The van der Waals surface area contributed by atoms with E-state index in [4.69, 9.17) is 15.5 Å². The molecule has 5 rings (SSSR count). The molecule has 3 atom stereocenters. The average Bonchev–Trinajstić information content (AvgIpc) is 3.40. The molecule has 0 bridgehead atoms. The summed E-state index contributed by atoms with van der Waals surface area (Å²) in [6.07, 6.45) is 8.69. The minimum absolute atomic E-state index is 0.252. The second-order valence-electron chi connectivity index (χ2n) is 11.0. The quantitative estimate of drug-likeness (QED) is 0.179. The number of pyridine rings is 1. The molecule has 0 saturated heterocycles. The van der Waals surface area contributed by atoms with Gasteiger partial charge in [-0.2, -0.15) is 0 Å². The minimum atomic E-state index is -1.75. The van der Waals surface area contributed by atoms with Crippen molar-refractivity contribution < 1.29 is 9.13 Å². The van der Waals surface area contributed by atoms with Gasteiger partial charge >= 0.3 is 0 Å². The topological polar surface area (TPSA) is 78.0 Å². The Morgan fingerprint density at radius 1 is 1.17 bits per heavy atom. The summed E-state index contributed by atoms with van der Waals surface area (Å²) in [5, 5.41) is 5.53. The number of nitrogens with two attached hydrogens (primary N) is 1. The lowest BCUT2D eigenvalue weighted by atomic mass is 9.74. The van der Waals surface area contributed by atoms with Crippen molar-refractivity contribution in [2.75, 3.05) is 17.7 Å². The number of aromatic nitrogens is 3. The Kier molecular flexibility index (Phi) is 8.48. The molecule has 3 N–H and O–H groups in total. The van der Waals surface area contributed by atoms with Crippen LogP contribution in [0.15, 0.2) is 103 Å². The second-order valence-corrected chi connectivity index (χ2v) is 11.0. The van der Waals surface area contributed by atoms with E-state index in [1.807, 2.05) is 87.6 Å².